The van der Waals surface area contributed by atoms with Crippen LogP contribution in [0.2, 0.25) is 0 Å². The van der Waals surface area contributed by atoms with Gasteiger partial charge in [0, 0.05) is 5.56 Å². The first-order valence-electron chi connectivity index (χ1n) is 7.66. The van der Waals surface area contributed by atoms with Gasteiger partial charge in [-0.05, 0) is 24.3 Å². The summed E-state index contributed by atoms with van der Waals surface area (Å²) in [6, 6.07) is 19.5. The Labute approximate surface area is 143 Å². The van der Waals surface area contributed by atoms with Crippen molar-refractivity contribution < 1.29 is 8.81 Å². The molecule has 0 aliphatic heterocycles. The molecule has 0 amide bonds. The summed E-state index contributed by atoms with van der Waals surface area (Å²) in [4.78, 5) is 0. The monoisotopic (exact) mass is 332 g/mol. The predicted molar refractivity (Wildman–Crippen MR) is 92.6 cm³/mol. The van der Waals surface area contributed by atoms with Crippen LogP contribution >= 0.6 is 0 Å². The summed E-state index contributed by atoms with van der Waals surface area (Å²) in [7, 11) is 0. The second-order valence-corrected chi connectivity index (χ2v) is 5.29. The van der Waals surface area contributed by atoms with E-state index in [-0.39, 0.29) is 5.82 Å². The molecule has 0 N–H and O–H groups in total. The van der Waals surface area contributed by atoms with Gasteiger partial charge >= 0.3 is 0 Å². The van der Waals surface area contributed by atoms with Crippen molar-refractivity contribution in [1.82, 2.24) is 14.9 Å². The molecular formula is C19H13FN4O. The van der Waals surface area contributed by atoms with E-state index in [9.17, 15) is 4.39 Å². The predicted octanol–water partition coefficient (Wildman–Crippen LogP) is 4.23. The van der Waals surface area contributed by atoms with Crippen LogP contribution in [-0.4, -0.2) is 21.1 Å². The lowest BCUT2D eigenvalue weighted by Crippen LogP contribution is -1.92. The van der Waals surface area contributed by atoms with Crippen LogP contribution in [0.3, 0.4) is 0 Å². The minimum absolute atomic E-state index is 0.328. The Hall–Kier alpha value is -3.54. The first kappa shape index (κ1) is 15.0. The zero-order chi connectivity index (χ0) is 17.1. The van der Waals surface area contributed by atoms with Crippen LogP contribution in [0.25, 0.3) is 22.7 Å². The highest BCUT2D eigenvalue weighted by atomic mass is 19.1. The second kappa shape index (κ2) is 6.52. The summed E-state index contributed by atoms with van der Waals surface area (Å²) >= 11 is 0. The molecule has 0 spiro atoms. The molecular weight excluding hydrogens is 319 g/mol. The highest BCUT2D eigenvalue weighted by Crippen LogP contribution is 2.24. The summed E-state index contributed by atoms with van der Waals surface area (Å²) in [6.45, 7) is 0. The third kappa shape index (κ3) is 3.10. The molecule has 6 heteroatoms. The van der Waals surface area contributed by atoms with Crippen LogP contribution in [0.4, 0.5) is 4.39 Å². The van der Waals surface area contributed by atoms with Crippen molar-refractivity contribution in [2.45, 2.75) is 0 Å². The first-order valence-corrected chi connectivity index (χ1v) is 7.66. The quantitative estimate of drug-likeness (QED) is 0.526. The fourth-order valence-electron chi connectivity index (χ4n) is 2.44. The van der Waals surface area contributed by atoms with Crippen molar-refractivity contribution in [2.24, 2.45) is 5.10 Å². The second-order valence-electron chi connectivity index (χ2n) is 5.29. The van der Waals surface area contributed by atoms with Gasteiger partial charge in [-0.25, -0.2) is 4.39 Å². The lowest BCUT2D eigenvalue weighted by Gasteiger charge is -1.99. The van der Waals surface area contributed by atoms with Crippen LogP contribution in [-0.2, 0) is 0 Å². The van der Waals surface area contributed by atoms with Gasteiger partial charge in [-0.15, -0.1) is 10.2 Å². The van der Waals surface area contributed by atoms with Gasteiger partial charge < -0.3 is 4.42 Å². The molecule has 2 heterocycles. The van der Waals surface area contributed by atoms with Crippen LogP contribution in [0.15, 0.2) is 82.6 Å². The van der Waals surface area contributed by atoms with Crippen molar-refractivity contribution in [3.8, 4) is 22.7 Å². The summed E-state index contributed by atoms with van der Waals surface area (Å²) < 4.78 is 21.0. The highest BCUT2D eigenvalue weighted by molar-refractivity contribution is 5.77. The lowest BCUT2D eigenvalue weighted by molar-refractivity contribution is 0.563. The first-order chi connectivity index (χ1) is 12.3. The molecule has 0 aliphatic carbocycles. The van der Waals surface area contributed by atoms with Gasteiger partial charge in [0.05, 0.1) is 11.8 Å². The minimum Gasteiger partial charge on any atom is -0.455 e. The summed E-state index contributed by atoms with van der Waals surface area (Å²) in [5, 5.41) is 12.3. The summed E-state index contributed by atoms with van der Waals surface area (Å²) in [5.74, 6) is 1.25. The summed E-state index contributed by atoms with van der Waals surface area (Å²) in [5.41, 5.74) is 1.32. The van der Waals surface area contributed by atoms with E-state index in [0.29, 0.717) is 22.9 Å². The number of halogens is 1. The molecule has 0 atom stereocenters. The van der Waals surface area contributed by atoms with Crippen LogP contribution in [0.1, 0.15) is 5.76 Å². The third-order valence-electron chi connectivity index (χ3n) is 3.64. The fraction of sp³-hybridized carbons (Fsp3) is 0. The molecule has 0 saturated carbocycles. The van der Waals surface area contributed by atoms with E-state index in [0.717, 1.165) is 5.56 Å². The summed E-state index contributed by atoms with van der Waals surface area (Å²) in [6.07, 6.45) is 3.06. The largest absolute Gasteiger partial charge is 0.455 e. The lowest BCUT2D eigenvalue weighted by atomic mass is 10.1. The molecule has 5 nitrogen and oxygen atoms in total. The normalized spacial score (nSPS) is 11.2. The maximum absolute atomic E-state index is 13.8. The molecule has 4 rings (SSSR count). The van der Waals surface area contributed by atoms with E-state index < -0.39 is 0 Å². The maximum Gasteiger partial charge on any atom is 0.184 e. The van der Waals surface area contributed by atoms with Crippen LogP contribution in [0.5, 0.6) is 0 Å². The molecule has 122 valence electrons. The van der Waals surface area contributed by atoms with E-state index in [2.05, 4.69) is 15.3 Å². The molecule has 0 saturated heterocycles. The number of aromatic nitrogens is 3. The smallest absolute Gasteiger partial charge is 0.184 e. The van der Waals surface area contributed by atoms with Gasteiger partial charge in [0.15, 0.2) is 5.82 Å². The Kier molecular flexibility index (Phi) is 3.92. The average Bonchev–Trinajstić information content (AvgIpc) is 3.30. The molecule has 0 fully saturated rings. The Morgan fingerprint density at radius 2 is 1.76 bits per heavy atom. The van der Waals surface area contributed by atoms with E-state index in [1.807, 2.05) is 30.3 Å². The molecule has 0 bridgehead atoms. The maximum atomic E-state index is 13.8. The van der Waals surface area contributed by atoms with E-state index in [4.69, 9.17) is 4.42 Å². The van der Waals surface area contributed by atoms with E-state index in [1.165, 1.54) is 12.4 Å². The number of benzene rings is 2. The SMILES string of the molecule is Fc1ccccc1-c1ccc(/C=N\n2cnnc2-c2ccccc2)o1. The molecule has 0 unspecified atom stereocenters. The number of nitrogens with zero attached hydrogens (tertiary/aromatic N) is 4. The van der Waals surface area contributed by atoms with Crippen LogP contribution in [0, 0.1) is 5.82 Å². The van der Waals surface area contributed by atoms with Crippen molar-refractivity contribution in [2.75, 3.05) is 0 Å². The van der Waals surface area contributed by atoms with Gasteiger partial charge in [-0.3, -0.25) is 0 Å². The number of rotatable bonds is 4. The van der Waals surface area contributed by atoms with Crippen molar-refractivity contribution in [3.05, 3.63) is 84.6 Å². The molecule has 0 radical (unpaired) electrons. The average molecular weight is 332 g/mol. The Morgan fingerprint density at radius 3 is 2.60 bits per heavy atom. The zero-order valence-electron chi connectivity index (χ0n) is 13.1. The van der Waals surface area contributed by atoms with Crippen molar-refractivity contribution in [1.29, 1.82) is 0 Å². The van der Waals surface area contributed by atoms with E-state index >= 15 is 0 Å². The molecule has 0 aliphatic rings. The Morgan fingerprint density at radius 1 is 0.960 bits per heavy atom. The van der Waals surface area contributed by atoms with Crippen LogP contribution < -0.4 is 0 Å². The van der Waals surface area contributed by atoms with Crippen molar-refractivity contribution >= 4 is 6.21 Å². The van der Waals surface area contributed by atoms with Gasteiger partial charge in [0.2, 0.25) is 0 Å². The molecule has 2 aromatic carbocycles. The topological polar surface area (TPSA) is 56.2 Å². The van der Waals surface area contributed by atoms with Gasteiger partial charge in [-0.1, -0.05) is 42.5 Å². The van der Waals surface area contributed by atoms with Gasteiger partial charge in [0.25, 0.3) is 0 Å². The number of furan rings is 1. The fourth-order valence-corrected chi connectivity index (χ4v) is 2.44. The highest BCUT2D eigenvalue weighted by Gasteiger charge is 2.09. The molecule has 25 heavy (non-hydrogen) atoms. The Balaban J connectivity index is 1.60. The Bertz CT molecular complexity index is 1020. The number of hydrogen-bond acceptors (Lipinski definition) is 4. The number of hydrogen-bond donors (Lipinski definition) is 0. The standard InChI is InChI=1S/C19H13FN4O/c20-17-9-5-4-8-16(17)18-11-10-15(25-18)12-22-24-13-21-23-19(24)14-6-2-1-3-7-14/h1-13H/b22-12-. The van der Waals surface area contributed by atoms with Crippen molar-refractivity contribution in [3.63, 3.8) is 0 Å². The van der Waals surface area contributed by atoms with Gasteiger partial charge in [-0.2, -0.15) is 9.78 Å². The molecule has 2 aromatic heterocycles. The zero-order valence-corrected chi connectivity index (χ0v) is 13.1. The minimum atomic E-state index is -0.328. The molecule has 4 aromatic rings. The third-order valence-corrected chi connectivity index (χ3v) is 3.64. The van der Waals surface area contributed by atoms with E-state index in [1.54, 1.807) is 41.2 Å². The van der Waals surface area contributed by atoms with Gasteiger partial charge in [0.1, 0.15) is 23.7 Å².